The van der Waals surface area contributed by atoms with Crippen LogP contribution in [0.25, 0.3) is 32.9 Å². The number of primary amides is 1. The molecule has 7 heteroatoms. The lowest BCUT2D eigenvalue weighted by Crippen LogP contribution is -2.32. The molecule has 1 fully saturated rings. The summed E-state index contributed by atoms with van der Waals surface area (Å²) in [5.74, 6) is 1.09. The molecule has 1 aliphatic heterocycles. The molecular formula is C32H37N5OS. The maximum atomic E-state index is 12.7. The summed E-state index contributed by atoms with van der Waals surface area (Å²) in [7, 11) is 2.21. The zero-order valence-corrected chi connectivity index (χ0v) is 24.1. The second-order valence-corrected chi connectivity index (χ2v) is 12.6. The van der Waals surface area contributed by atoms with Crippen LogP contribution in [0.4, 0.5) is 0 Å². The fraction of sp³-hybridized carbons (Fsp3) is 0.406. The van der Waals surface area contributed by atoms with Crippen molar-refractivity contribution in [1.29, 1.82) is 0 Å². The largest absolute Gasteiger partial charge is 0.365 e. The molecule has 0 atom stereocenters. The summed E-state index contributed by atoms with van der Waals surface area (Å²) in [4.78, 5) is 21.5. The number of hydrogen-bond acceptors (Lipinski definition) is 5. The van der Waals surface area contributed by atoms with Crippen molar-refractivity contribution in [3.8, 4) is 21.7 Å². The third kappa shape index (κ3) is 5.06. The molecule has 4 aromatic rings. The van der Waals surface area contributed by atoms with Crippen LogP contribution in [0.1, 0.15) is 65.7 Å². The van der Waals surface area contributed by atoms with Gasteiger partial charge in [0.2, 0.25) is 0 Å². The Morgan fingerprint density at radius 2 is 1.74 bits per heavy atom. The van der Waals surface area contributed by atoms with Gasteiger partial charge in [-0.3, -0.25) is 4.79 Å². The van der Waals surface area contributed by atoms with Gasteiger partial charge in [0, 0.05) is 46.5 Å². The third-order valence-electron chi connectivity index (χ3n) is 8.56. The number of aromatic nitrogens is 3. The molecule has 6 nitrogen and oxygen atoms in total. The van der Waals surface area contributed by atoms with Crippen molar-refractivity contribution in [2.24, 2.45) is 17.6 Å². The first-order chi connectivity index (χ1) is 18.8. The minimum absolute atomic E-state index is 0.330. The molecule has 0 radical (unpaired) electrons. The van der Waals surface area contributed by atoms with Gasteiger partial charge in [-0.05, 0) is 80.8 Å². The van der Waals surface area contributed by atoms with Crippen molar-refractivity contribution < 1.29 is 4.79 Å². The van der Waals surface area contributed by atoms with Gasteiger partial charge in [-0.2, -0.15) is 5.10 Å². The van der Waals surface area contributed by atoms with Gasteiger partial charge < -0.3 is 10.6 Å². The van der Waals surface area contributed by atoms with Crippen LogP contribution < -0.4 is 5.73 Å². The van der Waals surface area contributed by atoms with E-state index in [1.807, 2.05) is 30.5 Å². The van der Waals surface area contributed by atoms with Gasteiger partial charge in [-0.25, -0.2) is 9.50 Å². The summed E-state index contributed by atoms with van der Waals surface area (Å²) in [5.41, 5.74) is 15.9. The first-order valence-corrected chi connectivity index (χ1v) is 14.9. The van der Waals surface area contributed by atoms with Crippen LogP contribution in [0.5, 0.6) is 0 Å². The molecule has 0 unspecified atom stereocenters. The summed E-state index contributed by atoms with van der Waals surface area (Å²) in [6, 6.07) is 14.7. The second kappa shape index (κ2) is 10.4. The van der Waals surface area contributed by atoms with Crippen molar-refractivity contribution >= 4 is 28.5 Å². The van der Waals surface area contributed by atoms with E-state index in [9.17, 15) is 4.79 Å². The van der Waals surface area contributed by atoms with Crippen molar-refractivity contribution in [1.82, 2.24) is 19.5 Å². The van der Waals surface area contributed by atoms with E-state index >= 15 is 0 Å². The van der Waals surface area contributed by atoms with E-state index in [0.29, 0.717) is 10.8 Å². The number of carbonyl (C=O) groups is 1. The highest BCUT2D eigenvalue weighted by molar-refractivity contribution is 7.17. The summed E-state index contributed by atoms with van der Waals surface area (Å²) in [6.07, 6.45) is 6.03. The predicted molar refractivity (Wildman–Crippen MR) is 160 cm³/mol. The Morgan fingerprint density at radius 3 is 2.46 bits per heavy atom. The molecule has 39 heavy (non-hydrogen) atoms. The topological polar surface area (TPSA) is 76.5 Å². The van der Waals surface area contributed by atoms with Crippen molar-refractivity contribution in [2.45, 2.75) is 52.9 Å². The molecule has 0 saturated heterocycles. The minimum atomic E-state index is -0.330. The normalized spacial score (nSPS) is 20.6. The van der Waals surface area contributed by atoms with Crippen LogP contribution in [0.15, 0.2) is 48.0 Å². The first kappa shape index (κ1) is 26.0. The molecule has 202 valence electrons. The maximum absolute atomic E-state index is 12.7. The van der Waals surface area contributed by atoms with E-state index in [4.69, 9.17) is 10.8 Å². The van der Waals surface area contributed by atoms with Gasteiger partial charge in [0.05, 0.1) is 10.6 Å². The van der Waals surface area contributed by atoms with E-state index in [1.54, 1.807) is 0 Å². The highest BCUT2D eigenvalue weighted by atomic mass is 32.1. The number of benzene rings is 1. The summed E-state index contributed by atoms with van der Waals surface area (Å²) in [5, 5.41) is 4.78. The van der Waals surface area contributed by atoms with Gasteiger partial charge in [-0.15, -0.1) is 11.3 Å². The quantitative estimate of drug-likeness (QED) is 0.304. The molecule has 1 amide bonds. The molecule has 1 saturated carbocycles. The molecule has 1 aromatic carbocycles. The Bertz CT molecular complexity index is 1570. The van der Waals surface area contributed by atoms with Gasteiger partial charge in [0.15, 0.2) is 5.65 Å². The number of likely N-dealkylation sites (N-methyl/N-ethyl adjacent to an activating group) is 1. The average Bonchev–Trinajstić information content (AvgIpc) is 3.55. The molecule has 1 aliphatic carbocycles. The Morgan fingerprint density at radius 1 is 1.03 bits per heavy atom. The van der Waals surface area contributed by atoms with E-state index in [0.717, 1.165) is 69.7 Å². The summed E-state index contributed by atoms with van der Waals surface area (Å²) in [6.45, 7) is 8.41. The van der Waals surface area contributed by atoms with E-state index in [1.165, 1.54) is 48.2 Å². The molecule has 3 aromatic heterocycles. The van der Waals surface area contributed by atoms with Crippen LogP contribution in [0.3, 0.4) is 0 Å². The smallest absolute Gasteiger partial charge is 0.259 e. The van der Waals surface area contributed by atoms with Gasteiger partial charge in [0.25, 0.3) is 5.91 Å². The zero-order valence-electron chi connectivity index (χ0n) is 23.3. The number of carbonyl (C=O) groups excluding carboxylic acids is 1. The SMILES string of the molecule is Cc1cc(C)n2nc(-c3ccc(-c4cc(C5=C(C6CCC(C)CC6)CN(C)CC5)c(C(N)=O)s4)cc3)cc2n1. The number of amides is 1. The fourth-order valence-electron chi connectivity index (χ4n) is 6.39. The number of thiophene rings is 1. The number of nitrogens with two attached hydrogens (primary N) is 1. The van der Waals surface area contributed by atoms with Gasteiger partial charge in [-0.1, -0.05) is 44.0 Å². The monoisotopic (exact) mass is 539 g/mol. The van der Waals surface area contributed by atoms with Crippen LogP contribution >= 0.6 is 11.3 Å². The van der Waals surface area contributed by atoms with Crippen LogP contribution in [0, 0.1) is 25.7 Å². The lowest BCUT2D eigenvalue weighted by molar-refractivity contribution is 0.100. The van der Waals surface area contributed by atoms with Gasteiger partial charge >= 0.3 is 0 Å². The van der Waals surface area contributed by atoms with Crippen molar-refractivity contribution in [2.75, 3.05) is 20.1 Å². The molecule has 2 aliphatic rings. The molecule has 4 heterocycles. The first-order valence-electron chi connectivity index (χ1n) is 14.1. The summed E-state index contributed by atoms with van der Waals surface area (Å²) < 4.78 is 1.89. The number of rotatable bonds is 5. The molecule has 6 rings (SSSR count). The van der Waals surface area contributed by atoms with Crippen molar-refractivity contribution in [3.05, 3.63) is 69.9 Å². The Hall–Kier alpha value is -3.29. The lowest BCUT2D eigenvalue weighted by Gasteiger charge is -2.35. The average molecular weight is 540 g/mol. The Kier molecular flexibility index (Phi) is 6.89. The lowest BCUT2D eigenvalue weighted by atomic mass is 9.75. The van der Waals surface area contributed by atoms with Crippen LogP contribution in [0.2, 0.25) is 0 Å². The highest BCUT2D eigenvalue weighted by Gasteiger charge is 2.30. The number of nitrogens with zero attached hydrogens (tertiary/aromatic N) is 4. The summed E-state index contributed by atoms with van der Waals surface area (Å²) >= 11 is 1.52. The zero-order chi connectivity index (χ0) is 27.3. The fourth-order valence-corrected chi connectivity index (χ4v) is 7.44. The molecular weight excluding hydrogens is 502 g/mol. The minimum Gasteiger partial charge on any atom is -0.365 e. The van der Waals surface area contributed by atoms with E-state index < -0.39 is 0 Å². The molecule has 0 spiro atoms. The standard InChI is InChI=1S/C32H37N5OS/c1-19-5-7-22(8-6-19)27-18-36(4)14-13-25(27)26-16-29(39-31(26)32(33)38)24-11-9-23(10-12-24)28-17-30-34-20(2)15-21(3)37(30)35-28/h9-12,15-17,19,22H,5-8,13-14,18H2,1-4H3,(H2,33,38). The van der Waals surface area contributed by atoms with Crippen molar-refractivity contribution in [3.63, 3.8) is 0 Å². The Balaban J connectivity index is 1.35. The number of hydrogen-bond donors (Lipinski definition) is 1. The maximum Gasteiger partial charge on any atom is 0.259 e. The van der Waals surface area contributed by atoms with E-state index in [2.05, 4.69) is 54.2 Å². The Labute approximate surface area is 234 Å². The third-order valence-corrected chi connectivity index (χ3v) is 9.76. The number of aryl methyl sites for hydroxylation is 2. The van der Waals surface area contributed by atoms with Crippen LogP contribution in [-0.4, -0.2) is 45.5 Å². The van der Waals surface area contributed by atoms with E-state index in [-0.39, 0.29) is 5.91 Å². The predicted octanol–water partition coefficient (Wildman–Crippen LogP) is 6.76. The second-order valence-electron chi connectivity index (χ2n) is 11.6. The highest BCUT2D eigenvalue weighted by Crippen LogP contribution is 2.43. The molecule has 2 N–H and O–H groups in total. The molecule has 0 bridgehead atoms. The number of fused-ring (bicyclic) bond motifs is 1. The van der Waals surface area contributed by atoms with Crippen LogP contribution in [-0.2, 0) is 0 Å². The van der Waals surface area contributed by atoms with Gasteiger partial charge in [0.1, 0.15) is 0 Å².